The largest absolute Gasteiger partial charge is 0.477 e. The Bertz CT molecular complexity index is 406. The molecule has 0 heterocycles. The van der Waals surface area contributed by atoms with E-state index in [1.165, 1.54) is 13.0 Å². The molecular formula is C12H12O4. The predicted octanol–water partition coefficient (Wildman–Crippen LogP) is 1.76. The van der Waals surface area contributed by atoms with E-state index in [4.69, 9.17) is 9.84 Å². The Balaban J connectivity index is 2.57. The highest BCUT2D eigenvalue weighted by Gasteiger charge is 2.17. The Morgan fingerprint density at radius 2 is 1.94 bits per heavy atom. The first-order valence-electron chi connectivity index (χ1n) is 4.75. The second kappa shape index (κ2) is 5.70. The summed E-state index contributed by atoms with van der Waals surface area (Å²) in [6, 6.07) is 9.07. The molecule has 1 rings (SSSR count). The van der Waals surface area contributed by atoms with Gasteiger partial charge in [-0.1, -0.05) is 36.4 Å². The minimum absolute atomic E-state index is 0.0737. The second-order valence-corrected chi connectivity index (χ2v) is 3.07. The minimum atomic E-state index is -1.28. The molecule has 1 N–H and O–H groups in total. The summed E-state index contributed by atoms with van der Waals surface area (Å²) in [4.78, 5) is 21.9. The summed E-state index contributed by atoms with van der Waals surface area (Å²) in [7, 11) is 0. The molecule has 0 unspecified atom stereocenters. The van der Waals surface area contributed by atoms with Gasteiger partial charge in [0.1, 0.15) is 12.2 Å². The molecule has 0 saturated heterocycles. The molecule has 0 saturated carbocycles. The van der Waals surface area contributed by atoms with Crippen molar-refractivity contribution in [2.75, 3.05) is 0 Å². The number of rotatable bonds is 4. The zero-order valence-corrected chi connectivity index (χ0v) is 8.84. The fourth-order valence-electron chi connectivity index (χ4n) is 1.13. The number of benzene rings is 1. The molecule has 0 spiro atoms. The lowest BCUT2D eigenvalue weighted by atomic mass is 10.2. The van der Waals surface area contributed by atoms with Gasteiger partial charge in [0.2, 0.25) is 0 Å². The molecule has 84 valence electrons. The Labute approximate surface area is 93.2 Å². The molecule has 1 aromatic carbocycles. The zero-order valence-electron chi connectivity index (χ0n) is 8.84. The van der Waals surface area contributed by atoms with E-state index in [1.54, 1.807) is 12.1 Å². The number of hydrogen-bond acceptors (Lipinski definition) is 3. The van der Waals surface area contributed by atoms with Gasteiger partial charge in [0.05, 0.1) is 0 Å². The van der Waals surface area contributed by atoms with Crippen molar-refractivity contribution >= 4 is 11.9 Å². The van der Waals surface area contributed by atoms with Crippen LogP contribution in [0.3, 0.4) is 0 Å². The molecule has 4 nitrogen and oxygen atoms in total. The summed E-state index contributed by atoms with van der Waals surface area (Å²) in [5.41, 5.74) is 0.465. The van der Waals surface area contributed by atoms with Gasteiger partial charge < -0.3 is 9.84 Å². The van der Waals surface area contributed by atoms with Crippen molar-refractivity contribution in [3.63, 3.8) is 0 Å². The van der Waals surface area contributed by atoms with Crippen LogP contribution in [0.2, 0.25) is 0 Å². The third-order valence-corrected chi connectivity index (χ3v) is 1.95. The van der Waals surface area contributed by atoms with E-state index in [0.717, 1.165) is 5.56 Å². The minimum Gasteiger partial charge on any atom is -0.477 e. The van der Waals surface area contributed by atoms with Crippen LogP contribution in [0.15, 0.2) is 42.0 Å². The lowest BCUT2D eigenvalue weighted by molar-refractivity contribution is -0.145. The normalized spacial score (nSPS) is 10.9. The van der Waals surface area contributed by atoms with Gasteiger partial charge in [0.25, 0.3) is 0 Å². The van der Waals surface area contributed by atoms with Gasteiger partial charge >= 0.3 is 11.9 Å². The molecule has 0 aliphatic rings. The molecule has 0 fully saturated rings. The van der Waals surface area contributed by atoms with Crippen molar-refractivity contribution < 1.29 is 19.4 Å². The number of carbonyl (C=O) groups is 2. The lowest BCUT2D eigenvalue weighted by Crippen LogP contribution is -2.15. The molecule has 0 atom stereocenters. The molecule has 0 aliphatic carbocycles. The lowest BCUT2D eigenvalue weighted by Gasteiger charge is -2.04. The van der Waals surface area contributed by atoms with Gasteiger partial charge in [-0.05, 0) is 12.5 Å². The Morgan fingerprint density at radius 3 is 2.44 bits per heavy atom. The Kier molecular flexibility index (Phi) is 4.27. The van der Waals surface area contributed by atoms with Crippen molar-refractivity contribution in [3.05, 3.63) is 47.5 Å². The monoisotopic (exact) mass is 220 g/mol. The van der Waals surface area contributed by atoms with Crippen LogP contribution < -0.4 is 0 Å². The fourth-order valence-corrected chi connectivity index (χ4v) is 1.13. The number of carbonyl (C=O) groups excluding carboxylic acids is 1. The number of allylic oxidation sites excluding steroid dienone is 1. The third kappa shape index (κ3) is 3.24. The van der Waals surface area contributed by atoms with Crippen LogP contribution >= 0.6 is 0 Å². The number of carboxylic acids is 1. The van der Waals surface area contributed by atoms with Crippen LogP contribution in [-0.2, 0) is 20.9 Å². The summed E-state index contributed by atoms with van der Waals surface area (Å²) in [5.74, 6) is -2.10. The van der Waals surface area contributed by atoms with Gasteiger partial charge in [-0.15, -0.1) is 0 Å². The van der Waals surface area contributed by atoms with E-state index in [0.29, 0.717) is 0 Å². The smallest absolute Gasteiger partial charge is 0.345 e. The van der Waals surface area contributed by atoms with E-state index in [9.17, 15) is 9.59 Å². The summed E-state index contributed by atoms with van der Waals surface area (Å²) in [5, 5.41) is 8.67. The van der Waals surface area contributed by atoms with E-state index >= 15 is 0 Å². The van der Waals surface area contributed by atoms with Crippen LogP contribution in [0.4, 0.5) is 0 Å². The highest BCUT2D eigenvalue weighted by atomic mass is 16.5. The SMILES string of the molecule is CC=C(C(=O)O)C(=O)OCc1ccccc1. The molecule has 0 aliphatic heterocycles. The number of aliphatic carboxylic acids is 1. The maximum absolute atomic E-state index is 11.3. The molecule has 0 radical (unpaired) electrons. The molecule has 0 bridgehead atoms. The fraction of sp³-hybridized carbons (Fsp3) is 0.167. The highest BCUT2D eigenvalue weighted by molar-refractivity contribution is 6.13. The number of esters is 1. The molecule has 0 aromatic heterocycles. The van der Waals surface area contributed by atoms with E-state index < -0.39 is 11.9 Å². The average Bonchev–Trinajstić information content (AvgIpc) is 2.28. The van der Waals surface area contributed by atoms with E-state index in [2.05, 4.69) is 0 Å². The second-order valence-electron chi connectivity index (χ2n) is 3.07. The van der Waals surface area contributed by atoms with E-state index in [1.807, 2.05) is 18.2 Å². The van der Waals surface area contributed by atoms with Gasteiger partial charge in [0.15, 0.2) is 0 Å². The maximum Gasteiger partial charge on any atom is 0.345 e. The molecular weight excluding hydrogens is 208 g/mol. The van der Waals surface area contributed by atoms with Gasteiger partial charge in [-0.2, -0.15) is 0 Å². The van der Waals surface area contributed by atoms with Gasteiger partial charge in [-0.25, -0.2) is 9.59 Å². The summed E-state index contributed by atoms with van der Waals surface area (Å²) in [6.45, 7) is 1.55. The Hall–Kier alpha value is -2.10. The summed E-state index contributed by atoms with van der Waals surface area (Å²) < 4.78 is 4.85. The van der Waals surface area contributed by atoms with Crippen molar-refractivity contribution in [2.24, 2.45) is 0 Å². The molecule has 16 heavy (non-hydrogen) atoms. The van der Waals surface area contributed by atoms with Crippen molar-refractivity contribution in [2.45, 2.75) is 13.5 Å². The first kappa shape index (κ1) is 12.0. The van der Waals surface area contributed by atoms with Gasteiger partial charge in [0, 0.05) is 0 Å². The van der Waals surface area contributed by atoms with Crippen molar-refractivity contribution in [1.82, 2.24) is 0 Å². The van der Waals surface area contributed by atoms with Crippen LogP contribution in [0, 0.1) is 0 Å². The zero-order chi connectivity index (χ0) is 12.0. The molecule has 0 amide bonds. The standard InChI is InChI=1S/C12H12O4/c1-2-10(11(13)14)12(15)16-8-9-6-4-3-5-7-9/h2-7H,8H2,1H3,(H,13,14). The average molecular weight is 220 g/mol. The highest BCUT2D eigenvalue weighted by Crippen LogP contribution is 2.04. The third-order valence-electron chi connectivity index (χ3n) is 1.95. The summed E-state index contributed by atoms with van der Waals surface area (Å²) in [6.07, 6.45) is 1.22. The van der Waals surface area contributed by atoms with Crippen molar-refractivity contribution in [3.8, 4) is 0 Å². The Morgan fingerprint density at radius 1 is 1.31 bits per heavy atom. The first-order valence-corrected chi connectivity index (χ1v) is 4.75. The van der Waals surface area contributed by atoms with Crippen LogP contribution in [-0.4, -0.2) is 17.0 Å². The topological polar surface area (TPSA) is 63.6 Å². The molecule has 1 aromatic rings. The van der Waals surface area contributed by atoms with Crippen molar-refractivity contribution in [1.29, 1.82) is 0 Å². The van der Waals surface area contributed by atoms with Gasteiger partial charge in [-0.3, -0.25) is 0 Å². The number of ether oxygens (including phenoxy) is 1. The quantitative estimate of drug-likeness (QED) is 0.363. The number of hydrogen-bond donors (Lipinski definition) is 1. The van der Waals surface area contributed by atoms with Crippen LogP contribution in [0.5, 0.6) is 0 Å². The maximum atomic E-state index is 11.3. The first-order chi connectivity index (χ1) is 7.65. The molecule has 4 heteroatoms. The summed E-state index contributed by atoms with van der Waals surface area (Å²) >= 11 is 0. The van der Waals surface area contributed by atoms with Crippen LogP contribution in [0.1, 0.15) is 12.5 Å². The van der Waals surface area contributed by atoms with E-state index in [-0.39, 0.29) is 12.2 Å². The van der Waals surface area contributed by atoms with Crippen LogP contribution in [0.25, 0.3) is 0 Å². The number of carboxylic acid groups (broad SMARTS) is 1. The predicted molar refractivity (Wildman–Crippen MR) is 57.6 cm³/mol.